The van der Waals surface area contributed by atoms with Gasteiger partial charge < -0.3 is 4.74 Å². The summed E-state index contributed by atoms with van der Waals surface area (Å²) in [6.45, 7) is 3.57. The zero-order valence-electron chi connectivity index (χ0n) is 19.1. The molecule has 1 amide bonds. The highest BCUT2D eigenvalue weighted by molar-refractivity contribution is 7.92. The van der Waals surface area contributed by atoms with E-state index in [0.717, 1.165) is 27.2 Å². The van der Waals surface area contributed by atoms with E-state index in [0.29, 0.717) is 5.13 Å². The molecule has 0 saturated carbocycles. The minimum atomic E-state index is -3.36. The van der Waals surface area contributed by atoms with Crippen LogP contribution in [0.15, 0.2) is 71.8 Å². The summed E-state index contributed by atoms with van der Waals surface area (Å²) in [6.07, 6.45) is 1.79. The number of carbonyl (C=O) groups excluding carboxylic acids is 1. The van der Waals surface area contributed by atoms with Gasteiger partial charge in [-0.3, -0.25) is 14.7 Å². The lowest BCUT2D eigenvalue weighted by Gasteiger charge is -2.19. The number of nitrogens with zero attached hydrogens (tertiary/aromatic N) is 3. The molecule has 0 N–H and O–H groups in total. The Balaban J connectivity index is 1.63. The van der Waals surface area contributed by atoms with E-state index in [4.69, 9.17) is 4.74 Å². The summed E-state index contributed by atoms with van der Waals surface area (Å²) in [7, 11) is -1.76. The Kier molecular flexibility index (Phi) is 6.95. The van der Waals surface area contributed by atoms with Crippen molar-refractivity contribution in [3.8, 4) is 5.75 Å². The Hall–Kier alpha value is -3.30. The maximum atomic E-state index is 13.4. The third kappa shape index (κ3) is 5.10. The number of fused-ring (bicyclic) bond motifs is 1. The van der Waals surface area contributed by atoms with Gasteiger partial charge in [-0.25, -0.2) is 13.4 Å². The largest absolute Gasteiger partial charge is 0.497 e. The van der Waals surface area contributed by atoms with E-state index in [1.54, 1.807) is 56.3 Å². The number of methoxy groups -OCH3 is 1. The first-order valence-electron chi connectivity index (χ1n) is 10.8. The zero-order valence-corrected chi connectivity index (χ0v) is 20.8. The SMILES string of the molecule is COc1ccc2nc(N(Cc3ccccn3)C(=O)Cc3ccc(S(=O)(=O)C(C)C)cc3)sc2c1. The van der Waals surface area contributed by atoms with Crippen LogP contribution in [0, 0.1) is 0 Å². The molecule has 2 aromatic heterocycles. The predicted octanol–water partition coefficient (Wildman–Crippen LogP) is 4.66. The second-order valence-electron chi connectivity index (χ2n) is 8.05. The van der Waals surface area contributed by atoms with Crippen molar-refractivity contribution in [1.29, 1.82) is 0 Å². The fourth-order valence-electron chi connectivity index (χ4n) is 3.39. The summed E-state index contributed by atoms with van der Waals surface area (Å²) in [5.41, 5.74) is 2.25. The van der Waals surface area contributed by atoms with E-state index < -0.39 is 15.1 Å². The Labute approximate surface area is 203 Å². The molecule has 2 aromatic carbocycles. The average Bonchev–Trinajstić information content (AvgIpc) is 3.26. The van der Waals surface area contributed by atoms with Crippen LogP contribution in [-0.2, 0) is 27.6 Å². The highest BCUT2D eigenvalue weighted by Gasteiger charge is 2.23. The van der Waals surface area contributed by atoms with Crippen LogP contribution in [0.3, 0.4) is 0 Å². The molecule has 0 spiro atoms. The lowest BCUT2D eigenvalue weighted by atomic mass is 10.1. The molecule has 0 atom stereocenters. The number of rotatable bonds is 8. The van der Waals surface area contributed by atoms with Crippen molar-refractivity contribution >= 4 is 42.4 Å². The molecule has 0 aliphatic rings. The van der Waals surface area contributed by atoms with Gasteiger partial charge in [0.05, 0.1) is 46.1 Å². The predicted molar refractivity (Wildman–Crippen MR) is 134 cm³/mol. The van der Waals surface area contributed by atoms with Crippen LogP contribution in [0.4, 0.5) is 5.13 Å². The van der Waals surface area contributed by atoms with Crippen molar-refractivity contribution in [2.24, 2.45) is 0 Å². The van der Waals surface area contributed by atoms with Gasteiger partial charge in [0, 0.05) is 6.20 Å². The van der Waals surface area contributed by atoms with Crippen LogP contribution in [0.2, 0.25) is 0 Å². The monoisotopic (exact) mass is 495 g/mol. The van der Waals surface area contributed by atoms with Gasteiger partial charge in [-0.2, -0.15) is 0 Å². The average molecular weight is 496 g/mol. The summed E-state index contributed by atoms with van der Waals surface area (Å²) in [5.74, 6) is 0.567. The summed E-state index contributed by atoms with van der Waals surface area (Å²) in [4.78, 5) is 24.3. The van der Waals surface area contributed by atoms with E-state index in [-0.39, 0.29) is 23.8 Å². The number of thiazole rings is 1. The summed E-state index contributed by atoms with van der Waals surface area (Å²) >= 11 is 1.41. The topological polar surface area (TPSA) is 89.5 Å². The van der Waals surface area contributed by atoms with Crippen molar-refractivity contribution < 1.29 is 17.9 Å². The lowest BCUT2D eigenvalue weighted by molar-refractivity contribution is -0.118. The van der Waals surface area contributed by atoms with Gasteiger partial charge in [-0.05, 0) is 61.9 Å². The van der Waals surface area contributed by atoms with Crippen LogP contribution in [0.5, 0.6) is 5.75 Å². The Morgan fingerprint density at radius 3 is 2.50 bits per heavy atom. The van der Waals surface area contributed by atoms with Gasteiger partial charge in [-0.1, -0.05) is 29.5 Å². The molecule has 2 heterocycles. The van der Waals surface area contributed by atoms with Gasteiger partial charge in [-0.15, -0.1) is 0 Å². The van der Waals surface area contributed by atoms with Gasteiger partial charge in [0.2, 0.25) is 5.91 Å². The second kappa shape index (κ2) is 9.90. The number of pyridine rings is 1. The molecule has 7 nitrogen and oxygen atoms in total. The summed E-state index contributed by atoms with van der Waals surface area (Å²) in [5, 5.41) is 0.0596. The van der Waals surface area contributed by atoms with E-state index >= 15 is 0 Å². The number of amides is 1. The van der Waals surface area contributed by atoms with Crippen LogP contribution in [0.1, 0.15) is 25.1 Å². The van der Waals surface area contributed by atoms with Crippen molar-refractivity contribution in [3.05, 3.63) is 78.1 Å². The van der Waals surface area contributed by atoms with E-state index in [9.17, 15) is 13.2 Å². The fourth-order valence-corrected chi connectivity index (χ4v) is 5.46. The number of anilines is 1. The molecule has 4 rings (SSSR count). The van der Waals surface area contributed by atoms with Crippen molar-refractivity contribution in [3.63, 3.8) is 0 Å². The first-order valence-corrected chi connectivity index (χ1v) is 13.1. The highest BCUT2D eigenvalue weighted by atomic mass is 32.2. The van der Waals surface area contributed by atoms with Crippen LogP contribution in [0.25, 0.3) is 10.2 Å². The molecular formula is C25H25N3O4S2. The second-order valence-corrected chi connectivity index (χ2v) is 11.6. The smallest absolute Gasteiger partial charge is 0.233 e. The van der Waals surface area contributed by atoms with Gasteiger partial charge >= 0.3 is 0 Å². The van der Waals surface area contributed by atoms with Crippen LogP contribution >= 0.6 is 11.3 Å². The summed E-state index contributed by atoms with van der Waals surface area (Å²) in [6, 6.07) is 17.7. The minimum absolute atomic E-state index is 0.105. The first kappa shape index (κ1) is 23.8. The normalized spacial score (nSPS) is 11.6. The van der Waals surface area contributed by atoms with E-state index in [1.807, 2.05) is 36.4 Å². The summed E-state index contributed by atoms with van der Waals surface area (Å²) < 4.78 is 31.0. The molecule has 0 aliphatic heterocycles. The number of ether oxygens (including phenoxy) is 1. The number of carbonyl (C=O) groups is 1. The Bertz CT molecular complexity index is 1400. The van der Waals surface area contributed by atoms with Gasteiger partial charge in [0.1, 0.15) is 5.75 Å². The third-order valence-electron chi connectivity index (χ3n) is 5.39. The van der Waals surface area contributed by atoms with Crippen molar-refractivity contribution in [2.75, 3.05) is 12.0 Å². The van der Waals surface area contributed by atoms with E-state index in [2.05, 4.69) is 9.97 Å². The molecule has 34 heavy (non-hydrogen) atoms. The lowest BCUT2D eigenvalue weighted by Crippen LogP contribution is -2.32. The standard InChI is InChI=1S/C25H25N3O4S2/c1-17(2)34(30,31)21-10-7-18(8-11-21)14-24(29)28(16-19-6-4-5-13-26-19)25-27-22-12-9-20(32-3)15-23(22)33-25/h4-13,15,17H,14,16H2,1-3H3. The molecule has 0 saturated heterocycles. The molecule has 0 radical (unpaired) electrons. The minimum Gasteiger partial charge on any atom is -0.497 e. The molecule has 9 heteroatoms. The molecule has 0 aliphatic carbocycles. The molecular weight excluding hydrogens is 470 g/mol. The molecule has 0 bridgehead atoms. The third-order valence-corrected chi connectivity index (χ3v) is 8.60. The molecule has 0 unspecified atom stereocenters. The maximum Gasteiger partial charge on any atom is 0.233 e. The Morgan fingerprint density at radius 2 is 1.85 bits per heavy atom. The maximum absolute atomic E-state index is 13.4. The van der Waals surface area contributed by atoms with Gasteiger partial charge in [0.15, 0.2) is 15.0 Å². The fraction of sp³-hybridized carbons (Fsp3) is 0.240. The number of sulfone groups is 1. The van der Waals surface area contributed by atoms with E-state index in [1.165, 1.54) is 11.3 Å². The number of hydrogen-bond donors (Lipinski definition) is 0. The number of aromatic nitrogens is 2. The van der Waals surface area contributed by atoms with Crippen molar-refractivity contribution in [2.45, 2.75) is 37.0 Å². The van der Waals surface area contributed by atoms with Crippen LogP contribution < -0.4 is 9.64 Å². The first-order chi connectivity index (χ1) is 16.3. The molecule has 0 fully saturated rings. The highest BCUT2D eigenvalue weighted by Crippen LogP contribution is 2.32. The van der Waals surface area contributed by atoms with Crippen molar-refractivity contribution in [1.82, 2.24) is 9.97 Å². The number of hydrogen-bond acceptors (Lipinski definition) is 7. The Morgan fingerprint density at radius 1 is 1.09 bits per heavy atom. The number of benzene rings is 2. The molecule has 176 valence electrons. The van der Waals surface area contributed by atoms with Crippen LogP contribution in [-0.4, -0.2) is 36.7 Å². The quantitative estimate of drug-likeness (QED) is 0.353. The zero-order chi connectivity index (χ0) is 24.3. The molecule has 4 aromatic rings. The van der Waals surface area contributed by atoms with Gasteiger partial charge in [0.25, 0.3) is 0 Å².